The zero-order chi connectivity index (χ0) is 13.0. The van der Waals surface area contributed by atoms with Gasteiger partial charge in [-0.2, -0.15) is 0 Å². The molecular formula is C12H20N2O3. The fourth-order valence-corrected chi connectivity index (χ4v) is 1.71. The van der Waals surface area contributed by atoms with E-state index >= 15 is 0 Å². The first-order valence-corrected chi connectivity index (χ1v) is 5.41. The first-order valence-electron chi connectivity index (χ1n) is 5.41. The highest BCUT2D eigenvalue weighted by Gasteiger charge is 2.19. The van der Waals surface area contributed by atoms with Crippen molar-refractivity contribution in [1.82, 2.24) is 0 Å². The van der Waals surface area contributed by atoms with Gasteiger partial charge >= 0.3 is 0 Å². The SMILES string of the molecule is COc1cc(C)c(C(N)C(O)CN)cc1OC. The van der Waals surface area contributed by atoms with Crippen LogP contribution in [0.2, 0.25) is 0 Å². The predicted octanol–water partition coefficient (Wildman–Crippen LogP) is 0.332. The highest BCUT2D eigenvalue weighted by molar-refractivity contribution is 5.48. The van der Waals surface area contributed by atoms with Crippen LogP contribution < -0.4 is 20.9 Å². The number of ether oxygens (including phenoxy) is 2. The molecule has 0 aliphatic heterocycles. The van der Waals surface area contributed by atoms with E-state index in [1.54, 1.807) is 20.3 Å². The Labute approximate surface area is 101 Å². The topological polar surface area (TPSA) is 90.7 Å². The molecule has 0 amide bonds. The van der Waals surface area contributed by atoms with E-state index in [0.717, 1.165) is 11.1 Å². The lowest BCUT2D eigenvalue weighted by Crippen LogP contribution is -2.33. The van der Waals surface area contributed by atoms with Crippen molar-refractivity contribution >= 4 is 0 Å². The van der Waals surface area contributed by atoms with Crippen molar-refractivity contribution in [3.63, 3.8) is 0 Å². The Balaban J connectivity index is 3.16. The van der Waals surface area contributed by atoms with E-state index in [4.69, 9.17) is 20.9 Å². The van der Waals surface area contributed by atoms with Crippen LogP contribution in [0.4, 0.5) is 0 Å². The number of aryl methyl sites for hydroxylation is 1. The maximum absolute atomic E-state index is 9.67. The number of benzene rings is 1. The number of rotatable bonds is 5. The molecule has 0 bridgehead atoms. The van der Waals surface area contributed by atoms with Crippen molar-refractivity contribution in [1.29, 1.82) is 0 Å². The fraction of sp³-hybridized carbons (Fsp3) is 0.500. The zero-order valence-corrected chi connectivity index (χ0v) is 10.4. The fourth-order valence-electron chi connectivity index (χ4n) is 1.71. The smallest absolute Gasteiger partial charge is 0.161 e. The first kappa shape index (κ1) is 13.8. The second-order valence-corrected chi connectivity index (χ2v) is 3.89. The molecule has 0 aliphatic carbocycles. The molecule has 0 aromatic heterocycles. The molecule has 1 aromatic carbocycles. The van der Waals surface area contributed by atoms with Gasteiger partial charge in [0.2, 0.25) is 0 Å². The Hall–Kier alpha value is -1.30. The second-order valence-electron chi connectivity index (χ2n) is 3.89. The van der Waals surface area contributed by atoms with Crippen molar-refractivity contribution in [2.24, 2.45) is 11.5 Å². The van der Waals surface area contributed by atoms with E-state index < -0.39 is 12.1 Å². The number of hydrogen-bond donors (Lipinski definition) is 3. The molecule has 0 fully saturated rings. The molecule has 0 saturated carbocycles. The quantitative estimate of drug-likeness (QED) is 0.690. The minimum Gasteiger partial charge on any atom is -0.493 e. The van der Waals surface area contributed by atoms with Crippen molar-refractivity contribution in [2.75, 3.05) is 20.8 Å². The second kappa shape index (κ2) is 5.86. The van der Waals surface area contributed by atoms with Crippen LogP contribution in [0.25, 0.3) is 0 Å². The minimum atomic E-state index is -0.771. The summed E-state index contributed by atoms with van der Waals surface area (Å²) >= 11 is 0. The Morgan fingerprint density at radius 3 is 2.24 bits per heavy atom. The van der Waals surface area contributed by atoms with Crippen LogP contribution in [0.5, 0.6) is 11.5 Å². The number of hydrogen-bond acceptors (Lipinski definition) is 5. The third-order valence-corrected chi connectivity index (χ3v) is 2.79. The monoisotopic (exact) mass is 240 g/mol. The summed E-state index contributed by atoms with van der Waals surface area (Å²) in [6, 6.07) is 3.08. The average Bonchev–Trinajstić information content (AvgIpc) is 2.36. The van der Waals surface area contributed by atoms with Crippen LogP contribution >= 0.6 is 0 Å². The molecule has 0 spiro atoms. The molecule has 0 heterocycles. The Morgan fingerprint density at radius 1 is 1.24 bits per heavy atom. The van der Waals surface area contributed by atoms with Gasteiger partial charge in [0.1, 0.15) is 0 Å². The largest absolute Gasteiger partial charge is 0.493 e. The normalized spacial score (nSPS) is 14.2. The van der Waals surface area contributed by atoms with Crippen LogP contribution in [-0.2, 0) is 0 Å². The van der Waals surface area contributed by atoms with E-state index in [2.05, 4.69) is 0 Å². The first-order chi connectivity index (χ1) is 8.04. The van der Waals surface area contributed by atoms with E-state index in [-0.39, 0.29) is 6.54 Å². The highest BCUT2D eigenvalue weighted by atomic mass is 16.5. The lowest BCUT2D eigenvalue weighted by Gasteiger charge is -2.21. The molecule has 0 radical (unpaired) electrons. The summed E-state index contributed by atoms with van der Waals surface area (Å²) in [6.45, 7) is 2.02. The third kappa shape index (κ3) is 2.88. The summed E-state index contributed by atoms with van der Waals surface area (Å²) < 4.78 is 10.4. The molecule has 5 nitrogen and oxygen atoms in total. The minimum absolute atomic E-state index is 0.120. The Kier molecular flexibility index (Phi) is 4.74. The molecule has 2 atom stereocenters. The van der Waals surface area contributed by atoms with Gasteiger partial charge in [-0.15, -0.1) is 0 Å². The van der Waals surface area contributed by atoms with Crippen molar-refractivity contribution in [3.8, 4) is 11.5 Å². The van der Waals surface area contributed by atoms with E-state index in [0.29, 0.717) is 11.5 Å². The summed E-state index contributed by atoms with van der Waals surface area (Å²) in [4.78, 5) is 0. The van der Waals surface area contributed by atoms with Gasteiger partial charge in [-0.3, -0.25) is 0 Å². The molecule has 0 saturated heterocycles. The molecule has 1 aromatic rings. The van der Waals surface area contributed by atoms with Gasteiger partial charge in [-0.1, -0.05) is 0 Å². The summed E-state index contributed by atoms with van der Waals surface area (Å²) in [5.74, 6) is 1.23. The number of aliphatic hydroxyl groups excluding tert-OH is 1. The van der Waals surface area contributed by atoms with Crippen molar-refractivity contribution in [3.05, 3.63) is 23.3 Å². The molecule has 5 heteroatoms. The third-order valence-electron chi connectivity index (χ3n) is 2.79. The summed E-state index contributed by atoms with van der Waals surface area (Å²) in [6.07, 6.45) is -0.771. The highest BCUT2D eigenvalue weighted by Crippen LogP contribution is 2.32. The van der Waals surface area contributed by atoms with Crippen LogP contribution in [0, 0.1) is 6.92 Å². The van der Waals surface area contributed by atoms with E-state index in [9.17, 15) is 5.11 Å². The van der Waals surface area contributed by atoms with Gasteiger partial charge in [-0.05, 0) is 30.2 Å². The van der Waals surface area contributed by atoms with Crippen LogP contribution in [-0.4, -0.2) is 32.0 Å². The van der Waals surface area contributed by atoms with Gasteiger partial charge in [0, 0.05) is 6.54 Å². The summed E-state index contributed by atoms with van der Waals surface area (Å²) in [5, 5.41) is 9.67. The van der Waals surface area contributed by atoms with Gasteiger partial charge in [0.15, 0.2) is 11.5 Å². The number of methoxy groups -OCH3 is 2. The maximum atomic E-state index is 9.67. The van der Waals surface area contributed by atoms with Crippen LogP contribution in [0.1, 0.15) is 17.2 Å². The Bertz CT molecular complexity index is 382. The van der Waals surface area contributed by atoms with Crippen molar-refractivity contribution in [2.45, 2.75) is 19.1 Å². The van der Waals surface area contributed by atoms with E-state index in [1.165, 1.54) is 0 Å². The summed E-state index contributed by atoms with van der Waals surface area (Å²) in [5.41, 5.74) is 13.1. The van der Waals surface area contributed by atoms with Crippen LogP contribution in [0.3, 0.4) is 0 Å². The number of aliphatic hydroxyl groups is 1. The Morgan fingerprint density at radius 2 is 1.76 bits per heavy atom. The van der Waals surface area contributed by atoms with Gasteiger partial charge in [0.25, 0.3) is 0 Å². The molecule has 1 rings (SSSR count). The van der Waals surface area contributed by atoms with Gasteiger partial charge < -0.3 is 26.0 Å². The lowest BCUT2D eigenvalue weighted by molar-refractivity contribution is 0.152. The molecular weight excluding hydrogens is 220 g/mol. The molecule has 5 N–H and O–H groups in total. The van der Waals surface area contributed by atoms with Crippen molar-refractivity contribution < 1.29 is 14.6 Å². The van der Waals surface area contributed by atoms with E-state index in [1.807, 2.05) is 13.0 Å². The molecule has 0 aliphatic rings. The average molecular weight is 240 g/mol. The molecule has 96 valence electrons. The maximum Gasteiger partial charge on any atom is 0.161 e. The predicted molar refractivity (Wildman–Crippen MR) is 66.3 cm³/mol. The van der Waals surface area contributed by atoms with Crippen LogP contribution in [0.15, 0.2) is 12.1 Å². The molecule has 17 heavy (non-hydrogen) atoms. The lowest BCUT2D eigenvalue weighted by atomic mass is 9.97. The molecule has 2 unspecified atom stereocenters. The van der Waals surface area contributed by atoms with Gasteiger partial charge in [-0.25, -0.2) is 0 Å². The number of nitrogens with two attached hydrogens (primary N) is 2. The standard InChI is InChI=1S/C12H20N2O3/c1-7-4-10(16-2)11(17-3)5-8(7)12(14)9(15)6-13/h4-5,9,12,15H,6,13-14H2,1-3H3. The van der Waals surface area contributed by atoms with Gasteiger partial charge in [0.05, 0.1) is 26.4 Å². The zero-order valence-electron chi connectivity index (χ0n) is 10.4. The summed E-state index contributed by atoms with van der Waals surface area (Å²) in [7, 11) is 3.13.